The van der Waals surface area contributed by atoms with Crippen LogP contribution in [0.1, 0.15) is 34.3 Å². The Morgan fingerprint density at radius 2 is 1.88 bits per heavy atom. The summed E-state index contributed by atoms with van der Waals surface area (Å²) < 4.78 is 32.8. The Kier molecular flexibility index (Phi) is 5.18. The summed E-state index contributed by atoms with van der Waals surface area (Å²) in [5.74, 6) is -0.493. The van der Waals surface area contributed by atoms with E-state index >= 15 is 0 Å². The van der Waals surface area contributed by atoms with Gasteiger partial charge in [-0.1, -0.05) is 17.7 Å². The van der Waals surface area contributed by atoms with Crippen molar-refractivity contribution in [1.29, 1.82) is 0 Å². The average molecular weight is 374 g/mol. The van der Waals surface area contributed by atoms with Crippen molar-refractivity contribution >= 4 is 27.4 Å². The number of hydrogen-bond donors (Lipinski definition) is 2. The predicted octanol–water partition coefficient (Wildman–Crippen LogP) is 3.33. The van der Waals surface area contributed by atoms with E-state index in [-0.39, 0.29) is 4.90 Å². The SMILES string of the molecule is COC(=O)c1cc(NS(=O)(=O)c2ccc(C)cc2)cc2c1NCCCC2. The van der Waals surface area contributed by atoms with Gasteiger partial charge < -0.3 is 10.1 Å². The summed E-state index contributed by atoms with van der Waals surface area (Å²) in [5.41, 5.74) is 3.31. The van der Waals surface area contributed by atoms with Crippen molar-refractivity contribution < 1.29 is 17.9 Å². The van der Waals surface area contributed by atoms with E-state index in [0.29, 0.717) is 11.3 Å². The minimum absolute atomic E-state index is 0.177. The third-order valence-electron chi connectivity index (χ3n) is 4.38. The van der Waals surface area contributed by atoms with Gasteiger partial charge in [-0.25, -0.2) is 13.2 Å². The predicted molar refractivity (Wildman–Crippen MR) is 101 cm³/mol. The molecule has 0 atom stereocenters. The molecule has 0 unspecified atom stereocenters. The van der Waals surface area contributed by atoms with Crippen molar-refractivity contribution in [2.45, 2.75) is 31.1 Å². The molecule has 0 aliphatic carbocycles. The number of benzene rings is 2. The number of carbonyl (C=O) groups is 1. The molecule has 2 aromatic rings. The number of esters is 1. The second-order valence-corrected chi connectivity index (χ2v) is 8.03. The lowest BCUT2D eigenvalue weighted by Gasteiger charge is -2.16. The van der Waals surface area contributed by atoms with Crippen LogP contribution in [0, 0.1) is 6.92 Å². The van der Waals surface area contributed by atoms with Crippen LogP contribution in [-0.2, 0) is 21.2 Å². The number of fused-ring (bicyclic) bond motifs is 1. The van der Waals surface area contributed by atoms with Gasteiger partial charge in [0.2, 0.25) is 0 Å². The van der Waals surface area contributed by atoms with Crippen LogP contribution in [0.2, 0.25) is 0 Å². The zero-order valence-corrected chi connectivity index (χ0v) is 15.7. The fourth-order valence-corrected chi connectivity index (χ4v) is 4.06. The molecule has 138 valence electrons. The normalized spacial score (nSPS) is 13.9. The second kappa shape index (κ2) is 7.37. The first-order valence-electron chi connectivity index (χ1n) is 8.49. The van der Waals surface area contributed by atoms with Gasteiger partial charge in [0.15, 0.2) is 0 Å². The Morgan fingerprint density at radius 3 is 2.58 bits per heavy atom. The van der Waals surface area contributed by atoms with Gasteiger partial charge in [0, 0.05) is 6.54 Å². The maximum Gasteiger partial charge on any atom is 0.340 e. The Balaban J connectivity index is 2.01. The largest absolute Gasteiger partial charge is 0.465 e. The number of hydrogen-bond acceptors (Lipinski definition) is 5. The molecule has 1 aliphatic heterocycles. The summed E-state index contributed by atoms with van der Waals surface area (Å²) in [4.78, 5) is 12.4. The van der Waals surface area contributed by atoms with Crippen LogP contribution in [0.4, 0.5) is 11.4 Å². The van der Waals surface area contributed by atoms with Gasteiger partial charge in [0.1, 0.15) is 0 Å². The van der Waals surface area contributed by atoms with Crippen LogP contribution >= 0.6 is 0 Å². The minimum atomic E-state index is -3.74. The number of anilines is 2. The van der Waals surface area contributed by atoms with Crippen LogP contribution in [0.5, 0.6) is 0 Å². The smallest absolute Gasteiger partial charge is 0.340 e. The van der Waals surface area contributed by atoms with Gasteiger partial charge in [0.05, 0.1) is 28.9 Å². The fraction of sp³-hybridized carbons (Fsp3) is 0.316. The van der Waals surface area contributed by atoms with Crippen LogP contribution in [-0.4, -0.2) is 28.0 Å². The molecule has 0 bridgehead atoms. The second-order valence-electron chi connectivity index (χ2n) is 6.35. The Labute approximate surface area is 153 Å². The van der Waals surface area contributed by atoms with Gasteiger partial charge in [-0.15, -0.1) is 0 Å². The lowest BCUT2D eigenvalue weighted by atomic mass is 10.0. The summed E-state index contributed by atoms with van der Waals surface area (Å²) in [5, 5.41) is 3.26. The summed E-state index contributed by atoms with van der Waals surface area (Å²) in [6.45, 7) is 2.66. The number of ether oxygens (including phenoxy) is 1. The zero-order chi connectivity index (χ0) is 18.7. The first-order valence-corrected chi connectivity index (χ1v) is 9.97. The van der Waals surface area contributed by atoms with Crippen molar-refractivity contribution in [2.75, 3.05) is 23.7 Å². The van der Waals surface area contributed by atoms with Gasteiger partial charge in [-0.2, -0.15) is 0 Å². The standard InChI is InChI=1S/C19H22N2O4S/c1-13-6-8-16(9-7-13)26(23,24)21-15-11-14-5-3-4-10-20-18(14)17(12-15)19(22)25-2/h6-9,11-12,20-21H,3-5,10H2,1-2H3. The molecule has 0 radical (unpaired) electrons. The Hall–Kier alpha value is -2.54. The van der Waals surface area contributed by atoms with E-state index in [9.17, 15) is 13.2 Å². The van der Waals surface area contributed by atoms with Crippen molar-refractivity contribution in [3.8, 4) is 0 Å². The highest BCUT2D eigenvalue weighted by Crippen LogP contribution is 2.31. The molecule has 2 aromatic carbocycles. The summed E-state index contributed by atoms with van der Waals surface area (Å²) in [7, 11) is -2.42. The van der Waals surface area contributed by atoms with E-state index < -0.39 is 16.0 Å². The molecule has 0 saturated heterocycles. The van der Waals surface area contributed by atoms with E-state index in [2.05, 4.69) is 10.0 Å². The van der Waals surface area contributed by atoms with E-state index in [1.807, 2.05) is 6.92 Å². The molecule has 0 fully saturated rings. The van der Waals surface area contributed by atoms with Crippen LogP contribution < -0.4 is 10.0 Å². The number of methoxy groups -OCH3 is 1. The summed E-state index contributed by atoms with van der Waals surface area (Å²) >= 11 is 0. The molecule has 6 nitrogen and oxygen atoms in total. The molecular weight excluding hydrogens is 352 g/mol. The quantitative estimate of drug-likeness (QED) is 0.802. The number of nitrogens with one attached hydrogen (secondary N) is 2. The van der Waals surface area contributed by atoms with E-state index in [1.54, 1.807) is 30.3 Å². The minimum Gasteiger partial charge on any atom is -0.465 e. The highest BCUT2D eigenvalue weighted by atomic mass is 32.2. The summed E-state index contributed by atoms with van der Waals surface area (Å²) in [6, 6.07) is 9.92. The molecule has 1 heterocycles. The number of sulfonamides is 1. The highest BCUT2D eigenvalue weighted by Gasteiger charge is 2.21. The number of carbonyl (C=O) groups excluding carboxylic acids is 1. The summed E-state index contributed by atoms with van der Waals surface area (Å²) in [6.07, 6.45) is 2.72. The number of rotatable bonds is 4. The monoisotopic (exact) mass is 374 g/mol. The van der Waals surface area contributed by atoms with Crippen molar-refractivity contribution in [2.24, 2.45) is 0 Å². The van der Waals surface area contributed by atoms with Crippen molar-refractivity contribution in [3.63, 3.8) is 0 Å². The molecular formula is C19H22N2O4S. The molecule has 2 N–H and O–H groups in total. The topological polar surface area (TPSA) is 84.5 Å². The average Bonchev–Trinajstić information content (AvgIpc) is 2.85. The Morgan fingerprint density at radius 1 is 1.15 bits per heavy atom. The first kappa shape index (κ1) is 18.3. The van der Waals surface area contributed by atoms with Crippen LogP contribution in [0.3, 0.4) is 0 Å². The van der Waals surface area contributed by atoms with E-state index in [0.717, 1.165) is 42.6 Å². The first-order chi connectivity index (χ1) is 12.4. The molecule has 0 amide bonds. The molecule has 7 heteroatoms. The third-order valence-corrected chi connectivity index (χ3v) is 5.78. The van der Waals surface area contributed by atoms with E-state index in [4.69, 9.17) is 4.74 Å². The fourth-order valence-electron chi connectivity index (χ4n) is 3.02. The van der Waals surface area contributed by atoms with Gasteiger partial charge in [0.25, 0.3) is 10.0 Å². The Bertz CT molecular complexity index is 921. The molecule has 0 aromatic heterocycles. The maximum absolute atomic E-state index is 12.7. The maximum atomic E-state index is 12.7. The van der Waals surface area contributed by atoms with E-state index in [1.165, 1.54) is 13.2 Å². The molecule has 1 aliphatic rings. The molecule has 0 saturated carbocycles. The van der Waals surface area contributed by atoms with Gasteiger partial charge in [-0.3, -0.25) is 4.72 Å². The number of aryl methyl sites for hydroxylation is 2. The van der Waals surface area contributed by atoms with Crippen molar-refractivity contribution in [1.82, 2.24) is 0 Å². The van der Waals surface area contributed by atoms with Crippen LogP contribution in [0.25, 0.3) is 0 Å². The highest BCUT2D eigenvalue weighted by molar-refractivity contribution is 7.92. The molecule has 26 heavy (non-hydrogen) atoms. The zero-order valence-electron chi connectivity index (χ0n) is 14.8. The lowest BCUT2D eigenvalue weighted by Crippen LogP contribution is -2.15. The lowest BCUT2D eigenvalue weighted by molar-refractivity contribution is 0.0601. The molecule has 3 rings (SSSR count). The third kappa shape index (κ3) is 3.83. The molecule has 0 spiro atoms. The van der Waals surface area contributed by atoms with Crippen molar-refractivity contribution in [3.05, 3.63) is 53.1 Å². The van der Waals surface area contributed by atoms with Gasteiger partial charge >= 0.3 is 5.97 Å². The van der Waals surface area contributed by atoms with Crippen LogP contribution in [0.15, 0.2) is 41.3 Å². The van der Waals surface area contributed by atoms with Gasteiger partial charge in [-0.05, 0) is 56.0 Å².